The standard InChI is InChI=1S/C24H26Cl2N4O5/c1-5-21(32)30-16-11-27-10-15(16)29-20-7-14(12-31)13(9-28-20)6-17(33-2)22-23(25)18(34-3)8-19(35-4)24(22)26/h5-9,12,15-16,27H,1,10-11H2,2-4H3,(H,28,29)(H,30,32)/b17-6-. The lowest BCUT2D eigenvalue weighted by Gasteiger charge is -2.21. The Morgan fingerprint density at radius 1 is 1.11 bits per heavy atom. The van der Waals surface area contributed by atoms with Gasteiger partial charge in [0.25, 0.3) is 0 Å². The number of carbonyl (C=O) groups is 2. The van der Waals surface area contributed by atoms with Crippen LogP contribution in [0.5, 0.6) is 11.5 Å². The second-order valence-electron chi connectivity index (χ2n) is 7.54. The largest absolute Gasteiger partial charge is 0.496 e. The lowest BCUT2D eigenvalue weighted by molar-refractivity contribution is -0.117. The maximum atomic E-state index is 11.9. The summed E-state index contributed by atoms with van der Waals surface area (Å²) in [5, 5.41) is 9.80. The minimum absolute atomic E-state index is 0.122. The van der Waals surface area contributed by atoms with Gasteiger partial charge in [0.1, 0.15) is 23.1 Å². The van der Waals surface area contributed by atoms with Crippen LogP contribution in [0, 0.1) is 0 Å². The Hall–Kier alpha value is -3.27. The van der Waals surface area contributed by atoms with E-state index in [9.17, 15) is 9.59 Å². The second-order valence-corrected chi connectivity index (χ2v) is 8.30. The Morgan fingerprint density at radius 2 is 1.77 bits per heavy atom. The Morgan fingerprint density at radius 3 is 2.34 bits per heavy atom. The van der Waals surface area contributed by atoms with Crippen molar-refractivity contribution in [3.05, 3.63) is 57.7 Å². The van der Waals surface area contributed by atoms with Gasteiger partial charge in [-0.25, -0.2) is 4.98 Å². The van der Waals surface area contributed by atoms with Gasteiger partial charge >= 0.3 is 0 Å². The number of hydrogen-bond acceptors (Lipinski definition) is 8. The van der Waals surface area contributed by atoms with Crippen LogP contribution in [0.25, 0.3) is 11.8 Å². The number of nitrogens with one attached hydrogen (secondary N) is 3. The molecule has 11 heteroatoms. The highest BCUT2D eigenvalue weighted by atomic mass is 35.5. The fourth-order valence-electron chi connectivity index (χ4n) is 3.67. The third-order valence-electron chi connectivity index (χ3n) is 5.48. The van der Waals surface area contributed by atoms with Gasteiger partial charge in [0.15, 0.2) is 6.29 Å². The fraction of sp³-hybridized carbons (Fsp3) is 0.292. The van der Waals surface area contributed by atoms with Crippen LogP contribution in [0.3, 0.4) is 0 Å². The van der Waals surface area contributed by atoms with E-state index in [1.54, 1.807) is 18.2 Å². The highest BCUT2D eigenvalue weighted by molar-refractivity contribution is 6.39. The predicted molar refractivity (Wildman–Crippen MR) is 136 cm³/mol. The number of carbonyl (C=O) groups excluding carboxylic acids is 2. The fourth-order valence-corrected chi connectivity index (χ4v) is 4.36. The zero-order chi connectivity index (χ0) is 25.5. The van der Waals surface area contributed by atoms with Crippen LogP contribution in [-0.4, -0.2) is 63.7 Å². The molecule has 0 radical (unpaired) electrons. The molecule has 2 atom stereocenters. The molecule has 1 aliphatic rings. The average molecular weight is 521 g/mol. The van der Waals surface area contributed by atoms with Crippen molar-refractivity contribution in [3.8, 4) is 11.5 Å². The van der Waals surface area contributed by atoms with Gasteiger partial charge in [-0.1, -0.05) is 29.8 Å². The highest BCUT2D eigenvalue weighted by Crippen LogP contribution is 2.44. The van der Waals surface area contributed by atoms with E-state index in [1.807, 2.05) is 0 Å². The number of aromatic nitrogens is 1. The Balaban J connectivity index is 1.94. The molecule has 3 N–H and O–H groups in total. The first-order valence-electron chi connectivity index (χ1n) is 10.6. The Bertz CT molecular complexity index is 1130. The zero-order valence-corrected chi connectivity index (χ0v) is 21.0. The molecule has 1 aromatic carbocycles. The summed E-state index contributed by atoms with van der Waals surface area (Å²) in [4.78, 5) is 28.0. The lowest BCUT2D eigenvalue weighted by Crippen LogP contribution is -2.45. The predicted octanol–water partition coefficient (Wildman–Crippen LogP) is 3.42. The van der Waals surface area contributed by atoms with Crippen LogP contribution >= 0.6 is 23.2 Å². The molecule has 3 rings (SSSR count). The summed E-state index contributed by atoms with van der Waals surface area (Å²) in [6.45, 7) is 4.69. The average Bonchev–Trinajstić information content (AvgIpc) is 3.30. The van der Waals surface area contributed by atoms with Crippen molar-refractivity contribution in [2.45, 2.75) is 12.1 Å². The van der Waals surface area contributed by atoms with Crippen LogP contribution in [0.4, 0.5) is 5.82 Å². The van der Waals surface area contributed by atoms with Crippen molar-refractivity contribution in [1.29, 1.82) is 0 Å². The minimum atomic E-state index is -0.258. The van der Waals surface area contributed by atoms with E-state index in [4.69, 9.17) is 37.4 Å². The molecule has 2 unspecified atom stereocenters. The summed E-state index contributed by atoms with van der Waals surface area (Å²) in [7, 11) is 4.41. The lowest BCUT2D eigenvalue weighted by atomic mass is 10.1. The van der Waals surface area contributed by atoms with E-state index in [-0.39, 0.29) is 33.8 Å². The zero-order valence-electron chi connectivity index (χ0n) is 19.5. The monoisotopic (exact) mass is 520 g/mol. The summed E-state index contributed by atoms with van der Waals surface area (Å²) >= 11 is 13.0. The maximum absolute atomic E-state index is 11.9. The van der Waals surface area contributed by atoms with Crippen LogP contribution in [0.15, 0.2) is 31.0 Å². The molecule has 9 nitrogen and oxygen atoms in total. The molecule has 0 bridgehead atoms. The molecule has 1 fully saturated rings. The van der Waals surface area contributed by atoms with Gasteiger partial charge in [-0.3, -0.25) is 9.59 Å². The third kappa shape index (κ3) is 5.87. The summed E-state index contributed by atoms with van der Waals surface area (Å²) in [6, 6.07) is 2.91. The molecule has 0 aliphatic carbocycles. The summed E-state index contributed by atoms with van der Waals surface area (Å²) in [5.41, 5.74) is 1.19. The van der Waals surface area contributed by atoms with Gasteiger partial charge in [0, 0.05) is 36.5 Å². The molecule has 1 aromatic heterocycles. The molecule has 2 aromatic rings. The first kappa shape index (κ1) is 26.3. The molecule has 1 amide bonds. The maximum Gasteiger partial charge on any atom is 0.243 e. The van der Waals surface area contributed by atoms with E-state index in [0.717, 1.165) is 0 Å². The number of amides is 1. The molecule has 0 spiro atoms. The van der Waals surface area contributed by atoms with E-state index in [2.05, 4.69) is 27.5 Å². The van der Waals surface area contributed by atoms with Crippen LogP contribution in [0.1, 0.15) is 21.5 Å². The number of hydrogen-bond donors (Lipinski definition) is 3. The number of aldehydes is 1. The molecule has 1 aliphatic heterocycles. The molecule has 35 heavy (non-hydrogen) atoms. The summed E-state index contributed by atoms with van der Waals surface area (Å²) in [6.07, 6.45) is 5.08. The summed E-state index contributed by atoms with van der Waals surface area (Å²) < 4.78 is 16.2. The van der Waals surface area contributed by atoms with E-state index in [1.165, 1.54) is 33.6 Å². The van der Waals surface area contributed by atoms with Crippen molar-refractivity contribution in [1.82, 2.24) is 15.6 Å². The summed E-state index contributed by atoms with van der Waals surface area (Å²) in [5.74, 6) is 1.21. The van der Waals surface area contributed by atoms with Gasteiger partial charge in [-0.05, 0) is 18.2 Å². The van der Waals surface area contributed by atoms with Gasteiger partial charge < -0.3 is 30.2 Å². The van der Waals surface area contributed by atoms with Crippen molar-refractivity contribution < 1.29 is 23.8 Å². The number of rotatable bonds is 10. The SMILES string of the molecule is C=CC(=O)NC1CNCC1Nc1cc(C=O)c(/C=C(\OC)c2c(Cl)c(OC)cc(OC)c2Cl)cn1. The normalized spacial score (nSPS) is 17.5. The van der Waals surface area contributed by atoms with Crippen LogP contribution in [0.2, 0.25) is 10.0 Å². The number of pyridine rings is 1. The second kappa shape index (κ2) is 11.9. The van der Waals surface area contributed by atoms with E-state index in [0.29, 0.717) is 53.4 Å². The molecular weight excluding hydrogens is 495 g/mol. The van der Waals surface area contributed by atoms with E-state index < -0.39 is 0 Å². The quantitative estimate of drug-likeness (QED) is 0.248. The van der Waals surface area contributed by atoms with Crippen molar-refractivity contribution in [3.63, 3.8) is 0 Å². The molecule has 1 saturated heterocycles. The molecular formula is C24H26Cl2N4O5. The topological polar surface area (TPSA) is 111 Å². The van der Waals surface area contributed by atoms with Gasteiger partial charge in [-0.2, -0.15) is 0 Å². The Labute approximate surface area is 213 Å². The number of benzene rings is 1. The van der Waals surface area contributed by atoms with Crippen molar-refractivity contribution >= 4 is 53.0 Å². The smallest absolute Gasteiger partial charge is 0.243 e. The number of halogens is 2. The van der Waals surface area contributed by atoms with Gasteiger partial charge in [0.2, 0.25) is 5.91 Å². The highest BCUT2D eigenvalue weighted by Gasteiger charge is 2.28. The van der Waals surface area contributed by atoms with Crippen molar-refractivity contribution in [2.24, 2.45) is 0 Å². The Kier molecular flexibility index (Phi) is 8.97. The molecule has 2 heterocycles. The van der Waals surface area contributed by atoms with Gasteiger partial charge in [0.05, 0.1) is 49.0 Å². The third-order valence-corrected chi connectivity index (χ3v) is 6.23. The van der Waals surface area contributed by atoms with Crippen LogP contribution in [-0.2, 0) is 9.53 Å². The first-order valence-corrected chi connectivity index (χ1v) is 11.3. The van der Waals surface area contributed by atoms with Crippen molar-refractivity contribution in [2.75, 3.05) is 39.7 Å². The number of ether oxygens (including phenoxy) is 3. The van der Waals surface area contributed by atoms with Gasteiger partial charge in [-0.15, -0.1) is 0 Å². The number of methoxy groups -OCH3 is 3. The molecule has 186 valence electrons. The number of anilines is 1. The first-order chi connectivity index (χ1) is 16.9. The minimum Gasteiger partial charge on any atom is -0.496 e. The number of nitrogens with zero attached hydrogens (tertiary/aromatic N) is 1. The van der Waals surface area contributed by atoms with Crippen LogP contribution < -0.4 is 25.4 Å². The van der Waals surface area contributed by atoms with E-state index >= 15 is 0 Å². The molecule has 0 saturated carbocycles.